The van der Waals surface area contributed by atoms with E-state index in [0.29, 0.717) is 11.1 Å². The quantitative estimate of drug-likeness (QED) is 0.931. The van der Waals surface area contributed by atoms with Gasteiger partial charge in [-0.1, -0.05) is 23.4 Å². The Balaban J connectivity index is 2.35. The van der Waals surface area contributed by atoms with Gasteiger partial charge in [0.2, 0.25) is 0 Å². The Kier molecular flexibility index (Phi) is 3.63. The first kappa shape index (κ1) is 14.3. The molecule has 0 saturated heterocycles. The summed E-state index contributed by atoms with van der Waals surface area (Å²) in [5, 5.41) is 3.57. The summed E-state index contributed by atoms with van der Waals surface area (Å²) < 4.78 is 31.2. The van der Waals surface area contributed by atoms with E-state index in [1.165, 1.54) is 13.8 Å². The molecule has 0 radical (unpaired) electrons. The fourth-order valence-corrected chi connectivity index (χ4v) is 3.21. The van der Waals surface area contributed by atoms with Crippen LogP contribution in [0.15, 0.2) is 33.7 Å². The number of hydrogen-bond acceptors (Lipinski definition) is 5. The number of aromatic nitrogens is 1. The minimum atomic E-state index is -4.00. The van der Waals surface area contributed by atoms with E-state index < -0.39 is 15.9 Å². The molecule has 0 saturated carbocycles. The number of rotatable bonds is 3. The van der Waals surface area contributed by atoms with Crippen molar-refractivity contribution in [3.05, 3.63) is 46.8 Å². The van der Waals surface area contributed by atoms with Crippen LogP contribution in [0.1, 0.15) is 27.4 Å². The van der Waals surface area contributed by atoms with Crippen LogP contribution in [0.5, 0.6) is 0 Å². The topological polar surface area (TPSA) is 89.3 Å². The second-order valence-electron chi connectivity index (χ2n) is 4.40. The summed E-state index contributed by atoms with van der Waals surface area (Å²) in [5.41, 5.74) is 1.22. The van der Waals surface area contributed by atoms with Crippen LogP contribution >= 0.6 is 0 Å². The standard InChI is InChI=1S/C13H14N2O4S/c1-8-6-4-5-7-11(8)13(16)15-20(17,18)12-9(2)14-19-10(12)3/h4-7H,1-3H3,(H,15,16). The first-order valence-corrected chi connectivity index (χ1v) is 7.37. The molecular weight excluding hydrogens is 280 g/mol. The van der Waals surface area contributed by atoms with Crippen LogP contribution < -0.4 is 4.72 Å². The summed E-state index contributed by atoms with van der Waals surface area (Å²) in [7, 11) is -4.00. The highest BCUT2D eigenvalue weighted by Crippen LogP contribution is 2.19. The van der Waals surface area contributed by atoms with Gasteiger partial charge in [-0.3, -0.25) is 4.79 Å². The molecule has 1 amide bonds. The second-order valence-corrected chi connectivity index (χ2v) is 6.02. The van der Waals surface area contributed by atoms with E-state index in [2.05, 4.69) is 5.16 Å². The van der Waals surface area contributed by atoms with Crippen molar-refractivity contribution < 1.29 is 17.7 Å². The molecule has 6 nitrogen and oxygen atoms in total. The molecule has 2 aromatic rings. The lowest BCUT2D eigenvalue weighted by molar-refractivity contribution is 0.0981. The van der Waals surface area contributed by atoms with Gasteiger partial charge in [0.15, 0.2) is 10.7 Å². The molecule has 0 fully saturated rings. The lowest BCUT2D eigenvalue weighted by Crippen LogP contribution is -2.31. The molecule has 1 heterocycles. The maximum absolute atomic E-state index is 12.2. The number of amides is 1. The first-order valence-electron chi connectivity index (χ1n) is 5.88. The molecule has 0 unspecified atom stereocenters. The number of nitrogens with zero attached hydrogens (tertiary/aromatic N) is 1. The number of nitrogens with one attached hydrogen (secondary N) is 1. The zero-order chi connectivity index (χ0) is 14.9. The van der Waals surface area contributed by atoms with E-state index in [1.807, 2.05) is 4.72 Å². The Hall–Kier alpha value is -2.15. The molecule has 1 N–H and O–H groups in total. The molecular formula is C13H14N2O4S. The summed E-state index contributed by atoms with van der Waals surface area (Å²) in [6, 6.07) is 6.74. The summed E-state index contributed by atoms with van der Waals surface area (Å²) in [5.74, 6) is -0.532. The van der Waals surface area contributed by atoms with Crippen molar-refractivity contribution in [2.75, 3.05) is 0 Å². The molecule has 0 aliphatic heterocycles. The zero-order valence-electron chi connectivity index (χ0n) is 11.3. The normalized spacial score (nSPS) is 11.3. The third-order valence-corrected chi connectivity index (χ3v) is 4.43. The van der Waals surface area contributed by atoms with Crippen LogP contribution in [0.3, 0.4) is 0 Å². The lowest BCUT2D eigenvalue weighted by Gasteiger charge is -2.08. The fraction of sp³-hybridized carbons (Fsp3) is 0.231. The van der Waals surface area contributed by atoms with Crippen LogP contribution in [-0.4, -0.2) is 19.5 Å². The van der Waals surface area contributed by atoms with E-state index in [-0.39, 0.29) is 16.3 Å². The van der Waals surface area contributed by atoms with Gasteiger partial charge in [0.25, 0.3) is 15.9 Å². The fourth-order valence-electron chi connectivity index (χ4n) is 1.91. The van der Waals surface area contributed by atoms with Crippen LogP contribution in [0, 0.1) is 20.8 Å². The second kappa shape index (κ2) is 5.09. The number of benzene rings is 1. The van der Waals surface area contributed by atoms with Gasteiger partial charge in [0.05, 0.1) is 0 Å². The monoisotopic (exact) mass is 294 g/mol. The van der Waals surface area contributed by atoms with E-state index in [0.717, 1.165) is 0 Å². The van der Waals surface area contributed by atoms with Crippen molar-refractivity contribution >= 4 is 15.9 Å². The summed E-state index contributed by atoms with van der Waals surface area (Å²) in [6.07, 6.45) is 0. The van der Waals surface area contributed by atoms with Crippen molar-refractivity contribution in [3.63, 3.8) is 0 Å². The van der Waals surface area contributed by atoms with Crippen molar-refractivity contribution in [2.24, 2.45) is 0 Å². The molecule has 20 heavy (non-hydrogen) atoms. The number of aryl methyl sites for hydroxylation is 3. The van der Waals surface area contributed by atoms with Gasteiger partial charge in [-0.2, -0.15) is 0 Å². The smallest absolute Gasteiger partial charge is 0.269 e. The predicted molar refractivity (Wildman–Crippen MR) is 71.8 cm³/mol. The Morgan fingerprint density at radius 2 is 1.85 bits per heavy atom. The van der Waals surface area contributed by atoms with Crippen LogP contribution in [0.25, 0.3) is 0 Å². The van der Waals surface area contributed by atoms with E-state index in [1.54, 1.807) is 31.2 Å². The van der Waals surface area contributed by atoms with Crippen molar-refractivity contribution in [1.82, 2.24) is 9.88 Å². The third-order valence-electron chi connectivity index (χ3n) is 2.85. The summed E-state index contributed by atoms with van der Waals surface area (Å²) in [6.45, 7) is 4.72. The highest BCUT2D eigenvalue weighted by atomic mass is 32.2. The van der Waals surface area contributed by atoms with Crippen LogP contribution in [-0.2, 0) is 10.0 Å². The SMILES string of the molecule is Cc1ccccc1C(=O)NS(=O)(=O)c1c(C)noc1C. The van der Waals surface area contributed by atoms with E-state index in [9.17, 15) is 13.2 Å². The average Bonchev–Trinajstić information content (AvgIpc) is 2.69. The Morgan fingerprint density at radius 3 is 2.40 bits per heavy atom. The molecule has 1 aromatic heterocycles. The van der Waals surface area contributed by atoms with E-state index in [4.69, 9.17) is 4.52 Å². The molecule has 0 aliphatic rings. The first-order chi connectivity index (χ1) is 9.33. The maximum atomic E-state index is 12.2. The lowest BCUT2D eigenvalue weighted by atomic mass is 10.1. The van der Waals surface area contributed by atoms with Gasteiger partial charge >= 0.3 is 0 Å². The summed E-state index contributed by atoms with van der Waals surface area (Å²) in [4.78, 5) is 12.0. The molecule has 0 aliphatic carbocycles. The van der Waals surface area contributed by atoms with Crippen LogP contribution in [0.4, 0.5) is 0 Å². The largest absolute Gasteiger partial charge is 0.360 e. The average molecular weight is 294 g/mol. The van der Waals surface area contributed by atoms with Crippen LogP contribution in [0.2, 0.25) is 0 Å². The predicted octanol–water partition coefficient (Wildman–Crippen LogP) is 1.72. The highest BCUT2D eigenvalue weighted by Gasteiger charge is 2.26. The third kappa shape index (κ3) is 2.57. The molecule has 7 heteroatoms. The van der Waals surface area contributed by atoms with Gasteiger partial charge < -0.3 is 4.52 Å². The molecule has 1 aromatic carbocycles. The van der Waals surface area contributed by atoms with Gasteiger partial charge in [-0.15, -0.1) is 0 Å². The molecule has 0 spiro atoms. The highest BCUT2D eigenvalue weighted by molar-refractivity contribution is 7.90. The van der Waals surface area contributed by atoms with Gasteiger partial charge in [-0.25, -0.2) is 13.1 Å². The number of carbonyl (C=O) groups excluding carboxylic acids is 1. The zero-order valence-corrected chi connectivity index (χ0v) is 12.1. The number of carbonyl (C=O) groups is 1. The molecule has 0 atom stereocenters. The Morgan fingerprint density at radius 1 is 1.20 bits per heavy atom. The van der Waals surface area contributed by atoms with Crippen molar-refractivity contribution in [3.8, 4) is 0 Å². The van der Waals surface area contributed by atoms with Crippen molar-refractivity contribution in [1.29, 1.82) is 0 Å². The number of hydrogen-bond donors (Lipinski definition) is 1. The van der Waals surface area contributed by atoms with Crippen molar-refractivity contribution in [2.45, 2.75) is 25.7 Å². The molecule has 2 rings (SSSR count). The minimum absolute atomic E-state index is 0.0977. The van der Waals surface area contributed by atoms with E-state index >= 15 is 0 Å². The van der Waals surface area contributed by atoms with Gasteiger partial charge in [-0.05, 0) is 32.4 Å². The Labute approximate surface area is 116 Å². The molecule has 0 bridgehead atoms. The maximum Gasteiger partial charge on any atom is 0.269 e. The van der Waals surface area contributed by atoms with Gasteiger partial charge in [0.1, 0.15) is 5.69 Å². The molecule has 106 valence electrons. The summed E-state index contributed by atoms with van der Waals surface area (Å²) >= 11 is 0. The Bertz CT molecular complexity index is 743. The number of sulfonamides is 1. The minimum Gasteiger partial charge on any atom is -0.360 e. The van der Waals surface area contributed by atoms with Gasteiger partial charge in [0, 0.05) is 5.56 Å².